The van der Waals surface area contributed by atoms with Gasteiger partial charge in [0.25, 0.3) is 5.91 Å². The summed E-state index contributed by atoms with van der Waals surface area (Å²) in [5, 5.41) is 22.3. The highest BCUT2D eigenvalue weighted by Crippen LogP contribution is 2.25. The van der Waals surface area contributed by atoms with Gasteiger partial charge in [-0.25, -0.2) is 4.39 Å². The van der Waals surface area contributed by atoms with Crippen LogP contribution in [0.15, 0.2) is 66.7 Å². The van der Waals surface area contributed by atoms with Gasteiger partial charge in [-0.2, -0.15) is 4.80 Å². The van der Waals surface area contributed by atoms with E-state index in [-0.39, 0.29) is 17.3 Å². The van der Waals surface area contributed by atoms with Crippen LogP contribution in [0.1, 0.15) is 0 Å². The van der Waals surface area contributed by atoms with Gasteiger partial charge in [-0.05, 0) is 48.5 Å². The van der Waals surface area contributed by atoms with Gasteiger partial charge < -0.3 is 10.1 Å². The van der Waals surface area contributed by atoms with E-state index in [9.17, 15) is 19.3 Å². The monoisotopic (exact) mass is 407 g/mol. The Hall–Kier alpha value is -4.34. The third kappa shape index (κ3) is 4.07. The van der Waals surface area contributed by atoms with E-state index in [1.54, 1.807) is 36.4 Å². The van der Waals surface area contributed by atoms with Crippen LogP contribution in [-0.2, 0) is 4.79 Å². The lowest BCUT2D eigenvalue weighted by molar-refractivity contribution is -0.385. The van der Waals surface area contributed by atoms with E-state index >= 15 is 0 Å². The number of para-hydroxylation sites is 2. The summed E-state index contributed by atoms with van der Waals surface area (Å²) in [6.45, 7) is -0.398. The van der Waals surface area contributed by atoms with E-state index < -0.39 is 17.4 Å². The number of anilines is 1. The Balaban J connectivity index is 1.45. The highest BCUT2D eigenvalue weighted by Gasteiger charge is 2.15. The zero-order valence-electron chi connectivity index (χ0n) is 15.4. The molecule has 0 aliphatic heterocycles. The predicted octanol–water partition coefficient (Wildman–Crippen LogP) is 3.49. The topological polar surface area (TPSA) is 112 Å². The number of carbonyl (C=O) groups is 1. The Morgan fingerprint density at radius 2 is 1.80 bits per heavy atom. The van der Waals surface area contributed by atoms with Gasteiger partial charge in [0, 0.05) is 11.8 Å². The number of fused-ring (bicyclic) bond motifs is 1. The lowest BCUT2D eigenvalue weighted by Gasteiger charge is -2.07. The van der Waals surface area contributed by atoms with Gasteiger partial charge in [0.15, 0.2) is 12.4 Å². The summed E-state index contributed by atoms with van der Waals surface area (Å²) in [6.07, 6.45) is 0. The normalized spacial score (nSPS) is 10.7. The van der Waals surface area contributed by atoms with Gasteiger partial charge in [-0.3, -0.25) is 14.9 Å². The van der Waals surface area contributed by atoms with Gasteiger partial charge >= 0.3 is 5.69 Å². The molecule has 0 fully saturated rings. The second-order valence-electron chi connectivity index (χ2n) is 6.23. The Morgan fingerprint density at radius 1 is 1.07 bits per heavy atom. The number of hydrogen-bond donors (Lipinski definition) is 1. The Labute approximate surface area is 168 Å². The summed E-state index contributed by atoms with van der Waals surface area (Å²) >= 11 is 0. The second kappa shape index (κ2) is 7.95. The van der Waals surface area contributed by atoms with Crippen LogP contribution < -0.4 is 10.1 Å². The number of nitro groups is 1. The lowest BCUT2D eigenvalue weighted by atomic mass is 10.2. The minimum absolute atomic E-state index is 0.00958. The van der Waals surface area contributed by atoms with Crippen LogP contribution in [-0.4, -0.2) is 32.4 Å². The molecule has 4 rings (SSSR count). The van der Waals surface area contributed by atoms with Gasteiger partial charge in [0.05, 0.1) is 10.6 Å². The highest BCUT2D eigenvalue weighted by atomic mass is 19.1. The first-order valence-electron chi connectivity index (χ1n) is 8.79. The van der Waals surface area contributed by atoms with Crippen molar-refractivity contribution in [2.75, 3.05) is 11.9 Å². The molecule has 1 amide bonds. The predicted molar refractivity (Wildman–Crippen MR) is 106 cm³/mol. The van der Waals surface area contributed by atoms with Crippen molar-refractivity contribution in [2.24, 2.45) is 0 Å². The number of nitrogens with one attached hydrogen (secondary N) is 1. The van der Waals surface area contributed by atoms with Crippen molar-refractivity contribution in [1.29, 1.82) is 0 Å². The lowest BCUT2D eigenvalue weighted by Crippen LogP contribution is -2.20. The number of amides is 1. The molecule has 1 heterocycles. The fraction of sp³-hybridized carbons (Fsp3) is 0.0500. The SMILES string of the molecule is O=C(COc1ccccc1[N+](=O)[O-])Nc1ccc2nn(-c3ccc(F)cc3)nc2c1. The Bertz CT molecular complexity index is 1240. The third-order valence-electron chi connectivity index (χ3n) is 4.14. The van der Waals surface area contributed by atoms with E-state index in [2.05, 4.69) is 15.5 Å². The zero-order valence-corrected chi connectivity index (χ0v) is 15.4. The van der Waals surface area contributed by atoms with Gasteiger partial charge in [-0.15, -0.1) is 10.2 Å². The molecule has 0 bridgehead atoms. The van der Waals surface area contributed by atoms with E-state index in [0.29, 0.717) is 22.4 Å². The molecule has 0 radical (unpaired) electrons. The van der Waals surface area contributed by atoms with E-state index in [4.69, 9.17) is 4.74 Å². The van der Waals surface area contributed by atoms with Crippen LogP contribution in [0.2, 0.25) is 0 Å². The molecule has 0 atom stereocenters. The first kappa shape index (κ1) is 19.0. The molecule has 30 heavy (non-hydrogen) atoms. The van der Waals surface area contributed by atoms with Gasteiger partial charge in [-0.1, -0.05) is 12.1 Å². The van der Waals surface area contributed by atoms with E-state index in [1.165, 1.54) is 35.1 Å². The smallest absolute Gasteiger partial charge is 0.310 e. The molecule has 9 nitrogen and oxygen atoms in total. The number of ether oxygens (including phenoxy) is 1. The molecule has 0 saturated carbocycles. The number of benzene rings is 3. The Morgan fingerprint density at radius 3 is 2.57 bits per heavy atom. The van der Waals surface area contributed by atoms with Crippen LogP contribution in [0.5, 0.6) is 5.75 Å². The number of nitrogens with zero attached hydrogens (tertiary/aromatic N) is 4. The summed E-state index contributed by atoms with van der Waals surface area (Å²) in [7, 11) is 0. The van der Waals surface area contributed by atoms with E-state index in [0.717, 1.165) is 0 Å². The molecule has 0 unspecified atom stereocenters. The fourth-order valence-electron chi connectivity index (χ4n) is 2.75. The fourth-order valence-corrected chi connectivity index (χ4v) is 2.75. The maximum Gasteiger partial charge on any atom is 0.310 e. The minimum Gasteiger partial charge on any atom is -0.477 e. The standard InChI is InChI=1S/C20H14FN5O4/c21-13-5-8-15(9-6-13)25-23-16-10-7-14(11-17(16)24-25)22-20(27)12-30-19-4-2-1-3-18(19)26(28)29/h1-11H,12H2,(H,22,27). The molecule has 150 valence electrons. The van der Waals surface area contributed by atoms with Crippen molar-refractivity contribution in [3.05, 3.63) is 82.7 Å². The third-order valence-corrected chi connectivity index (χ3v) is 4.14. The molecule has 0 spiro atoms. The minimum atomic E-state index is -0.578. The number of nitro benzene ring substituents is 1. The summed E-state index contributed by atoms with van der Waals surface area (Å²) in [4.78, 5) is 24.0. The van der Waals surface area contributed by atoms with Crippen molar-refractivity contribution in [2.45, 2.75) is 0 Å². The number of aromatic nitrogens is 3. The van der Waals surface area contributed by atoms with Gasteiger partial charge in [0.2, 0.25) is 0 Å². The highest BCUT2D eigenvalue weighted by molar-refractivity contribution is 5.93. The summed E-state index contributed by atoms with van der Waals surface area (Å²) < 4.78 is 18.4. The molecule has 0 aliphatic carbocycles. The second-order valence-corrected chi connectivity index (χ2v) is 6.23. The molecule has 0 saturated heterocycles. The van der Waals surface area contributed by atoms with Crippen molar-refractivity contribution in [1.82, 2.24) is 15.0 Å². The van der Waals surface area contributed by atoms with Crippen LogP contribution in [0.4, 0.5) is 15.8 Å². The van der Waals surface area contributed by atoms with Crippen LogP contribution in [0.3, 0.4) is 0 Å². The Kier molecular flexibility index (Phi) is 5.04. The number of rotatable bonds is 6. The number of hydrogen-bond acceptors (Lipinski definition) is 6. The largest absolute Gasteiger partial charge is 0.477 e. The average molecular weight is 407 g/mol. The first-order valence-corrected chi connectivity index (χ1v) is 8.79. The van der Waals surface area contributed by atoms with Gasteiger partial charge in [0.1, 0.15) is 16.9 Å². The summed E-state index contributed by atoms with van der Waals surface area (Å²) in [6, 6.07) is 16.5. The number of halogens is 1. The maximum atomic E-state index is 13.1. The molecule has 0 aliphatic rings. The maximum absolute atomic E-state index is 13.1. The van der Waals surface area contributed by atoms with Crippen molar-refractivity contribution < 1.29 is 18.8 Å². The average Bonchev–Trinajstić information content (AvgIpc) is 3.16. The molecule has 10 heteroatoms. The quantitative estimate of drug-likeness (QED) is 0.387. The molecule has 4 aromatic rings. The van der Waals surface area contributed by atoms with Crippen LogP contribution in [0.25, 0.3) is 16.7 Å². The molecular formula is C20H14FN5O4. The first-order chi connectivity index (χ1) is 14.5. The summed E-state index contributed by atoms with van der Waals surface area (Å²) in [5.41, 5.74) is 1.95. The molecule has 1 aromatic heterocycles. The van der Waals surface area contributed by atoms with Crippen molar-refractivity contribution in [3.63, 3.8) is 0 Å². The molecular weight excluding hydrogens is 393 g/mol. The van der Waals surface area contributed by atoms with Crippen LogP contribution >= 0.6 is 0 Å². The molecule has 3 aromatic carbocycles. The van der Waals surface area contributed by atoms with Crippen LogP contribution in [0, 0.1) is 15.9 Å². The number of carbonyl (C=O) groups excluding carboxylic acids is 1. The van der Waals surface area contributed by atoms with Crippen molar-refractivity contribution in [3.8, 4) is 11.4 Å². The van der Waals surface area contributed by atoms with Crippen molar-refractivity contribution >= 4 is 28.3 Å². The van der Waals surface area contributed by atoms with E-state index in [1.807, 2.05) is 0 Å². The summed E-state index contributed by atoms with van der Waals surface area (Å²) in [5.74, 6) is -0.836. The molecule has 1 N–H and O–H groups in total. The zero-order chi connectivity index (χ0) is 21.1.